The van der Waals surface area contributed by atoms with Crippen LogP contribution in [-0.2, 0) is 4.74 Å². The van der Waals surface area contributed by atoms with Gasteiger partial charge in [0.2, 0.25) is 0 Å². The normalized spacial score (nSPS) is 36.8. The van der Waals surface area contributed by atoms with E-state index in [4.69, 9.17) is 4.74 Å². The minimum atomic E-state index is 0.800. The van der Waals surface area contributed by atoms with Crippen molar-refractivity contribution < 1.29 is 4.74 Å². The standard InChI is InChI=1S/C13H24N2O/c1-2-12(1)13-9-15(7-5-14-13)6-3-11-4-8-16-10-11/h11-14H,1-10H2. The Kier molecular flexibility index (Phi) is 3.46. The summed E-state index contributed by atoms with van der Waals surface area (Å²) in [5.74, 6) is 1.84. The van der Waals surface area contributed by atoms with Gasteiger partial charge in [-0.25, -0.2) is 0 Å². The van der Waals surface area contributed by atoms with E-state index in [2.05, 4.69) is 10.2 Å². The van der Waals surface area contributed by atoms with Crippen molar-refractivity contribution in [3.8, 4) is 0 Å². The van der Waals surface area contributed by atoms with Crippen molar-refractivity contribution in [2.24, 2.45) is 11.8 Å². The average molecular weight is 224 g/mol. The topological polar surface area (TPSA) is 24.5 Å². The van der Waals surface area contributed by atoms with Gasteiger partial charge in [-0.2, -0.15) is 0 Å². The van der Waals surface area contributed by atoms with Crippen molar-refractivity contribution in [3.05, 3.63) is 0 Å². The summed E-state index contributed by atoms with van der Waals surface area (Å²) >= 11 is 0. The third-order valence-electron chi connectivity index (χ3n) is 4.36. The smallest absolute Gasteiger partial charge is 0.0495 e. The van der Waals surface area contributed by atoms with Crippen LogP contribution in [0.25, 0.3) is 0 Å². The fourth-order valence-corrected chi connectivity index (χ4v) is 3.04. The summed E-state index contributed by atoms with van der Waals surface area (Å²) in [5.41, 5.74) is 0. The van der Waals surface area contributed by atoms with E-state index in [0.717, 1.165) is 31.1 Å². The van der Waals surface area contributed by atoms with E-state index in [-0.39, 0.29) is 0 Å². The Hall–Kier alpha value is -0.120. The zero-order valence-corrected chi connectivity index (χ0v) is 10.2. The summed E-state index contributed by atoms with van der Waals surface area (Å²) in [4.78, 5) is 2.66. The molecule has 92 valence electrons. The zero-order chi connectivity index (χ0) is 10.8. The van der Waals surface area contributed by atoms with E-state index in [1.165, 1.54) is 51.9 Å². The van der Waals surface area contributed by atoms with Gasteiger partial charge in [0, 0.05) is 38.9 Å². The highest BCUT2D eigenvalue weighted by atomic mass is 16.5. The van der Waals surface area contributed by atoms with Crippen LogP contribution in [-0.4, -0.2) is 50.3 Å². The van der Waals surface area contributed by atoms with Crippen LogP contribution in [0.2, 0.25) is 0 Å². The largest absolute Gasteiger partial charge is 0.381 e. The molecule has 1 aliphatic carbocycles. The quantitative estimate of drug-likeness (QED) is 0.774. The number of hydrogen-bond acceptors (Lipinski definition) is 3. The number of nitrogens with one attached hydrogen (secondary N) is 1. The highest BCUT2D eigenvalue weighted by Gasteiger charge is 2.33. The molecule has 0 radical (unpaired) electrons. The number of ether oxygens (including phenoxy) is 1. The summed E-state index contributed by atoms with van der Waals surface area (Å²) in [7, 11) is 0. The van der Waals surface area contributed by atoms with Crippen LogP contribution in [0, 0.1) is 11.8 Å². The summed E-state index contributed by atoms with van der Waals surface area (Å²) in [6.45, 7) is 7.03. The Bertz CT molecular complexity index is 224. The fourth-order valence-electron chi connectivity index (χ4n) is 3.04. The summed E-state index contributed by atoms with van der Waals surface area (Å²) in [6, 6.07) is 0.800. The third kappa shape index (κ3) is 2.76. The lowest BCUT2D eigenvalue weighted by Crippen LogP contribution is -2.51. The molecule has 3 rings (SSSR count). The maximum Gasteiger partial charge on any atom is 0.0495 e. The summed E-state index contributed by atoms with van der Waals surface area (Å²) < 4.78 is 5.44. The Labute approximate surface area is 98.5 Å². The van der Waals surface area contributed by atoms with Gasteiger partial charge >= 0.3 is 0 Å². The van der Waals surface area contributed by atoms with Gasteiger partial charge in [0.25, 0.3) is 0 Å². The first-order valence-electron chi connectivity index (χ1n) is 6.95. The molecule has 3 nitrogen and oxygen atoms in total. The second-order valence-corrected chi connectivity index (χ2v) is 5.72. The number of hydrogen-bond donors (Lipinski definition) is 1. The van der Waals surface area contributed by atoms with Crippen LogP contribution in [0.15, 0.2) is 0 Å². The second kappa shape index (κ2) is 5.03. The highest BCUT2D eigenvalue weighted by molar-refractivity contribution is 4.91. The van der Waals surface area contributed by atoms with E-state index in [1.807, 2.05) is 0 Å². The minimum absolute atomic E-state index is 0.800. The van der Waals surface area contributed by atoms with Crippen molar-refractivity contribution in [1.29, 1.82) is 0 Å². The molecule has 0 aromatic heterocycles. The minimum Gasteiger partial charge on any atom is -0.381 e. The molecule has 0 aromatic rings. The van der Waals surface area contributed by atoms with Crippen molar-refractivity contribution in [3.63, 3.8) is 0 Å². The van der Waals surface area contributed by atoms with Gasteiger partial charge < -0.3 is 15.0 Å². The average Bonchev–Trinajstić information content (AvgIpc) is 3.05. The van der Waals surface area contributed by atoms with Gasteiger partial charge in [-0.05, 0) is 44.1 Å². The van der Waals surface area contributed by atoms with E-state index < -0.39 is 0 Å². The molecule has 1 N–H and O–H groups in total. The van der Waals surface area contributed by atoms with Crippen LogP contribution in [0.1, 0.15) is 25.7 Å². The number of rotatable bonds is 4. The van der Waals surface area contributed by atoms with Crippen LogP contribution in [0.4, 0.5) is 0 Å². The predicted molar refractivity (Wildman–Crippen MR) is 64.5 cm³/mol. The van der Waals surface area contributed by atoms with Crippen LogP contribution >= 0.6 is 0 Å². The maximum atomic E-state index is 5.44. The summed E-state index contributed by atoms with van der Waals surface area (Å²) in [6.07, 6.45) is 5.56. The molecule has 3 fully saturated rings. The molecule has 0 aromatic carbocycles. The number of nitrogens with zero attached hydrogens (tertiary/aromatic N) is 1. The zero-order valence-electron chi connectivity index (χ0n) is 10.2. The number of piperazine rings is 1. The first-order chi connectivity index (χ1) is 7.92. The van der Waals surface area contributed by atoms with Crippen molar-refractivity contribution >= 4 is 0 Å². The van der Waals surface area contributed by atoms with E-state index in [9.17, 15) is 0 Å². The molecule has 0 spiro atoms. The van der Waals surface area contributed by atoms with Crippen molar-refractivity contribution in [1.82, 2.24) is 10.2 Å². The van der Waals surface area contributed by atoms with Gasteiger partial charge in [-0.3, -0.25) is 0 Å². The molecule has 2 aliphatic heterocycles. The van der Waals surface area contributed by atoms with Gasteiger partial charge in [-0.1, -0.05) is 0 Å². The molecule has 3 aliphatic rings. The lowest BCUT2D eigenvalue weighted by atomic mass is 10.0. The van der Waals surface area contributed by atoms with Crippen molar-refractivity contribution in [2.45, 2.75) is 31.7 Å². The maximum absolute atomic E-state index is 5.44. The molecule has 2 atom stereocenters. The predicted octanol–water partition coefficient (Wildman–Crippen LogP) is 1.10. The lowest BCUT2D eigenvalue weighted by molar-refractivity contribution is 0.161. The van der Waals surface area contributed by atoms with E-state index in [1.54, 1.807) is 0 Å². The molecule has 1 saturated carbocycles. The SMILES string of the molecule is C1CN(CCC2CCOC2)CC(C2CC2)N1. The monoisotopic (exact) mass is 224 g/mol. The first kappa shape index (κ1) is 11.0. The van der Waals surface area contributed by atoms with Gasteiger partial charge in [0.05, 0.1) is 0 Å². The van der Waals surface area contributed by atoms with Crippen LogP contribution in [0.5, 0.6) is 0 Å². The van der Waals surface area contributed by atoms with Crippen molar-refractivity contribution in [2.75, 3.05) is 39.4 Å². The summed E-state index contributed by atoms with van der Waals surface area (Å²) in [5, 5.41) is 3.67. The highest BCUT2D eigenvalue weighted by Crippen LogP contribution is 2.33. The molecule has 2 heterocycles. The van der Waals surface area contributed by atoms with E-state index >= 15 is 0 Å². The molecular formula is C13H24N2O. The van der Waals surface area contributed by atoms with Gasteiger partial charge in [-0.15, -0.1) is 0 Å². The van der Waals surface area contributed by atoms with Gasteiger partial charge in [0.1, 0.15) is 0 Å². The Morgan fingerprint density at radius 3 is 2.94 bits per heavy atom. The lowest BCUT2D eigenvalue weighted by Gasteiger charge is -2.34. The molecular weight excluding hydrogens is 200 g/mol. The van der Waals surface area contributed by atoms with E-state index in [0.29, 0.717) is 0 Å². The molecule has 0 amide bonds. The molecule has 3 heteroatoms. The molecule has 2 saturated heterocycles. The van der Waals surface area contributed by atoms with Crippen LogP contribution in [0.3, 0.4) is 0 Å². The Morgan fingerprint density at radius 2 is 2.19 bits per heavy atom. The molecule has 0 bridgehead atoms. The Balaban J connectivity index is 1.39. The molecule has 16 heavy (non-hydrogen) atoms. The van der Waals surface area contributed by atoms with Crippen LogP contribution < -0.4 is 5.32 Å². The Morgan fingerprint density at radius 1 is 1.25 bits per heavy atom. The first-order valence-corrected chi connectivity index (χ1v) is 6.95. The van der Waals surface area contributed by atoms with Gasteiger partial charge in [0.15, 0.2) is 0 Å². The fraction of sp³-hybridized carbons (Fsp3) is 1.00. The molecule has 2 unspecified atom stereocenters. The third-order valence-corrected chi connectivity index (χ3v) is 4.36. The second-order valence-electron chi connectivity index (χ2n) is 5.72.